The van der Waals surface area contributed by atoms with E-state index in [1.54, 1.807) is 12.1 Å². The second-order valence-electron chi connectivity index (χ2n) is 4.18. The minimum atomic E-state index is -0.0300. The molecule has 0 radical (unpaired) electrons. The van der Waals surface area contributed by atoms with Gasteiger partial charge in [0.05, 0.1) is 18.3 Å². The topological polar surface area (TPSA) is 102 Å². The van der Waals surface area contributed by atoms with Crippen molar-refractivity contribution in [3.8, 4) is 5.88 Å². The van der Waals surface area contributed by atoms with Gasteiger partial charge in [-0.15, -0.1) is 0 Å². The standard InChI is InChI=1S/C12H18N6O/c1-3-6-19-12-9(13)4-5-10(17-12)16-8(2)11-14-7-15-18-11/h4-5,7-8H,3,6,13H2,1-2H3,(H,16,17)(H,14,15,18). The molecule has 0 aliphatic rings. The average molecular weight is 262 g/mol. The Morgan fingerprint density at radius 1 is 1.47 bits per heavy atom. The monoisotopic (exact) mass is 262 g/mol. The first kappa shape index (κ1) is 13.1. The molecule has 2 aromatic rings. The number of hydrogen-bond acceptors (Lipinski definition) is 6. The van der Waals surface area contributed by atoms with Crippen molar-refractivity contribution in [3.63, 3.8) is 0 Å². The summed E-state index contributed by atoms with van der Waals surface area (Å²) in [6.45, 7) is 4.59. The zero-order valence-corrected chi connectivity index (χ0v) is 11.1. The Hall–Kier alpha value is -2.31. The van der Waals surface area contributed by atoms with Crippen LogP contribution in [0.15, 0.2) is 18.5 Å². The largest absolute Gasteiger partial charge is 0.476 e. The highest BCUT2D eigenvalue weighted by molar-refractivity contribution is 5.53. The Labute approximate surface area is 111 Å². The fraction of sp³-hybridized carbons (Fsp3) is 0.417. The van der Waals surface area contributed by atoms with Gasteiger partial charge >= 0.3 is 0 Å². The first-order chi connectivity index (χ1) is 9.20. The van der Waals surface area contributed by atoms with Crippen LogP contribution in [0.3, 0.4) is 0 Å². The van der Waals surface area contributed by atoms with Crippen LogP contribution in [0, 0.1) is 0 Å². The van der Waals surface area contributed by atoms with Gasteiger partial charge in [0.15, 0.2) is 0 Å². The van der Waals surface area contributed by atoms with Crippen molar-refractivity contribution in [2.75, 3.05) is 17.7 Å². The van der Waals surface area contributed by atoms with Gasteiger partial charge in [-0.1, -0.05) is 6.92 Å². The number of aromatic nitrogens is 4. The van der Waals surface area contributed by atoms with Crippen LogP contribution in [0.2, 0.25) is 0 Å². The minimum absolute atomic E-state index is 0.0300. The number of nitrogens with zero attached hydrogens (tertiary/aromatic N) is 3. The number of hydrogen-bond donors (Lipinski definition) is 3. The molecule has 2 aromatic heterocycles. The van der Waals surface area contributed by atoms with Gasteiger partial charge in [-0.2, -0.15) is 10.1 Å². The zero-order chi connectivity index (χ0) is 13.7. The Balaban J connectivity index is 2.08. The number of anilines is 2. The van der Waals surface area contributed by atoms with Crippen LogP contribution >= 0.6 is 0 Å². The second kappa shape index (κ2) is 6.03. The van der Waals surface area contributed by atoms with Crippen LogP contribution in [-0.4, -0.2) is 26.8 Å². The summed E-state index contributed by atoms with van der Waals surface area (Å²) >= 11 is 0. The van der Waals surface area contributed by atoms with Crippen molar-refractivity contribution >= 4 is 11.5 Å². The molecule has 0 aromatic carbocycles. The molecule has 7 nitrogen and oxygen atoms in total. The molecule has 0 spiro atoms. The third-order valence-corrected chi connectivity index (χ3v) is 2.54. The lowest BCUT2D eigenvalue weighted by molar-refractivity contribution is 0.307. The molecule has 0 fully saturated rings. The summed E-state index contributed by atoms with van der Waals surface area (Å²) in [6, 6.07) is 3.55. The van der Waals surface area contributed by atoms with Crippen LogP contribution in [0.1, 0.15) is 32.1 Å². The van der Waals surface area contributed by atoms with Crippen molar-refractivity contribution in [2.24, 2.45) is 0 Å². The number of nitrogens with two attached hydrogens (primary N) is 1. The SMILES string of the molecule is CCCOc1nc(NC(C)c2ncn[nH]2)ccc1N. The molecule has 19 heavy (non-hydrogen) atoms. The summed E-state index contributed by atoms with van der Waals surface area (Å²) in [5, 5.41) is 9.83. The van der Waals surface area contributed by atoms with Crippen LogP contribution in [0.5, 0.6) is 5.88 Å². The third-order valence-electron chi connectivity index (χ3n) is 2.54. The van der Waals surface area contributed by atoms with Crippen LogP contribution < -0.4 is 15.8 Å². The van der Waals surface area contributed by atoms with Crippen LogP contribution in [-0.2, 0) is 0 Å². The molecule has 7 heteroatoms. The number of H-pyrrole nitrogens is 1. The third kappa shape index (κ3) is 3.34. The summed E-state index contributed by atoms with van der Waals surface area (Å²) in [4.78, 5) is 8.43. The molecular formula is C12H18N6O. The molecule has 0 aliphatic heterocycles. The lowest BCUT2D eigenvalue weighted by atomic mass is 10.3. The molecule has 0 aliphatic carbocycles. The Morgan fingerprint density at radius 3 is 3.00 bits per heavy atom. The normalized spacial score (nSPS) is 12.1. The van der Waals surface area contributed by atoms with E-state index < -0.39 is 0 Å². The van der Waals surface area contributed by atoms with Crippen molar-refractivity contribution in [3.05, 3.63) is 24.3 Å². The Kier molecular flexibility index (Phi) is 4.17. The molecule has 2 heterocycles. The van der Waals surface area contributed by atoms with Gasteiger partial charge in [0.2, 0.25) is 5.88 Å². The lowest BCUT2D eigenvalue weighted by Crippen LogP contribution is -2.11. The number of ether oxygens (including phenoxy) is 1. The Morgan fingerprint density at radius 2 is 2.32 bits per heavy atom. The van der Waals surface area contributed by atoms with E-state index in [-0.39, 0.29) is 6.04 Å². The number of nitrogen functional groups attached to an aromatic ring is 1. The van der Waals surface area contributed by atoms with E-state index in [0.29, 0.717) is 24.0 Å². The fourth-order valence-corrected chi connectivity index (χ4v) is 1.56. The number of pyridine rings is 1. The maximum Gasteiger partial charge on any atom is 0.239 e. The molecule has 0 bridgehead atoms. The van der Waals surface area contributed by atoms with E-state index in [2.05, 4.69) is 25.5 Å². The molecular weight excluding hydrogens is 244 g/mol. The zero-order valence-electron chi connectivity index (χ0n) is 11.1. The highest BCUT2D eigenvalue weighted by Gasteiger charge is 2.10. The van der Waals surface area contributed by atoms with Crippen LogP contribution in [0.25, 0.3) is 0 Å². The lowest BCUT2D eigenvalue weighted by Gasteiger charge is -2.13. The van der Waals surface area contributed by atoms with E-state index in [0.717, 1.165) is 12.2 Å². The van der Waals surface area contributed by atoms with Gasteiger partial charge in [-0.3, -0.25) is 5.10 Å². The van der Waals surface area contributed by atoms with Gasteiger partial charge in [0.25, 0.3) is 0 Å². The Bertz CT molecular complexity index is 513. The molecule has 1 unspecified atom stereocenters. The van der Waals surface area contributed by atoms with Crippen LogP contribution in [0.4, 0.5) is 11.5 Å². The second-order valence-corrected chi connectivity index (χ2v) is 4.18. The maximum absolute atomic E-state index is 5.81. The molecule has 1 atom stereocenters. The predicted molar refractivity (Wildman–Crippen MR) is 72.9 cm³/mol. The van der Waals surface area contributed by atoms with E-state index >= 15 is 0 Å². The number of aromatic amines is 1. The fourth-order valence-electron chi connectivity index (χ4n) is 1.56. The average Bonchev–Trinajstić information content (AvgIpc) is 2.93. The van der Waals surface area contributed by atoms with Gasteiger partial charge < -0.3 is 15.8 Å². The van der Waals surface area contributed by atoms with Crippen molar-refractivity contribution < 1.29 is 4.74 Å². The first-order valence-corrected chi connectivity index (χ1v) is 6.21. The summed E-state index contributed by atoms with van der Waals surface area (Å²) in [5.41, 5.74) is 6.35. The van der Waals surface area contributed by atoms with Gasteiger partial charge in [0, 0.05) is 0 Å². The predicted octanol–water partition coefficient (Wildman–Crippen LogP) is 1.74. The van der Waals surface area contributed by atoms with E-state index in [9.17, 15) is 0 Å². The van der Waals surface area contributed by atoms with Crippen molar-refractivity contribution in [2.45, 2.75) is 26.3 Å². The smallest absolute Gasteiger partial charge is 0.239 e. The van der Waals surface area contributed by atoms with Gasteiger partial charge in [-0.05, 0) is 25.5 Å². The van der Waals surface area contributed by atoms with E-state index in [1.807, 2.05) is 13.8 Å². The highest BCUT2D eigenvalue weighted by atomic mass is 16.5. The van der Waals surface area contributed by atoms with E-state index in [4.69, 9.17) is 10.5 Å². The molecule has 102 valence electrons. The number of rotatable bonds is 6. The first-order valence-electron chi connectivity index (χ1n) is 6.21. The summed E-state index contributed by atoms with van der Waals surface area (Å²) in [6.07, 6.45) is 2.38. The summed E-state index contributed by atoms with van der Waals surface area (Å²) in [5.74, 6) is 1.88. The van der Waals surface area contributed by atoms with Gasteiger partial charge in [-0.25, -0.2) is 4.98 Å². The molecule has 4 N–H and O–H groups in total. The number of nitrogens with one attached hydrogen (secondary N) is 2. The molecule has 0 saturated heterocycles. The summed E-state index contributed by atoms with van der Waals surface area (Å²) in [7, 11) is 0. The van der Waals surface area contributed by atoms with Crippen molar-refractivity contribution in [1.29, 1.82) is 0 Å². The molecule has 2 rings (SSSR count). The quantitative estimate of drug-likeness (QED) is 0.733. The summed E-state index contributed by atoms with van der Waals surface area (Å²) < 4.78 is 5.49. The van der Waals surface area contributed by atoms with Gasteiger partial charge in [0.1, 0.15) is 18.0 Å². The van der Waals surface area contributed by atoms with Crippen molar-refractivity contribution in [1.82, 2.24) is 20.2 Å². The highest BCUT2D eigenvalue weighted by Crippen LogP contribution is 2.23. The minimum Gasteiger partial charge on any atom is -0.476 e. The molecule has 0 amide bonds. The molecule has 0 saturated carbocycles. The van der Waals surface area contributed by atoms with E-state index in [1.165, 1.54) is 6.33 Å². The maximum atomic E-state index is 5.81.